The highest BCUT2D eigenvalue weighted by Gasteiger charge is 2.10. The van der Waals surface area contributed by atoms with E-state index in [-0.39, 0.29) is 0 Å². The van der Waals surface area contributed by atoms with Crippen LogP contribution < -0.4 is 5.43 Å². The smallest absolute Gasteiger partial charge is 0.227 e. The quantitative estimate of drug-likeness (QED) is 0.444. The van der Waals surface area contributed by atoms with Gasteiger partial charge in [0, 0.05) is 31.6 Å². The fourth-order valence-electron chi connectivity index (χ4n) is 1.11. The summed E-state index contributed by atoms with van der Waals surface area (Å²) in [7, 11) is 2.09. The number of piperidine rings is 1. The monoisotopic (exact) mass is 155 g/mol. The van der Waals surface area contributed by atoms with Crippen LogP contribution in [-0.2, 0) is 4.79 Å². The predicted molar refractivity (Wildman–Crippen MR) is 43.4 cm³/mol. The minimum Gasteiger partial charge on any atom is -0.306 e. The molecule has 0 saturated carbocycles. The predicted octanol–water partition coefficient (Wildman–Crippen LogP) is -0.186. The maximum atomic E-state index is 9.88. The summed E-state index contributed by atoms with van der Waals surface area (Å²) in [5.74, 6) is 0. The van der Waals surface area contributed by atoms with Gasteiger partial charge in [-0.3, -0.25) is 4.79 Å². The zero-order chi connectivity index (χ0) is 8.10. The number of carbonyl (C=O) groups excluding carboxylic acids is 1. The van der Waals surface area contributed by atoms with E-state index < -0.39 is 0 Å². The largest absolute Gasteiger partial charge is 0.306 e. The van der Waals surface area contributed by atoms with E-state index in [1.54, 1.807) is 0 Å². The average Bonchev–Trinajstić information content (AvgIpc) is 2.04. The van der Waals surface area contributed by atoms with E-state index in [1.165, 1.54) is 0 Å². The third kappa shape index (κ3) is 2.67. The highest BCUT2D eigenvalue weighted by atomic mass is 16.1. The van der Waals surface area contributed by atoms with Crippen LogP contribution in [0.4, 0.5) is 0 Å². The second kappa shape index (κ2) is 4.08. The first-order valence-corrected chi connectivity index (χ1v) is 3.76. The molecule has 1 saturated heterocycles. The Morgan fingerprint density at radius 1 is 1.55 bits per heavy atom. The van der Waals surface area contributed by atoms with Crippen molar-refractivity contribution in [3.8, 4) is 0 Å². The molecule has 1 amide bonds. The molecule has 0 atom stereocenters. The van der Waals surface area contributed by atoms with Crippen molar-refractivity contribution in [3.05, 3.63) is 0 Å². The summed E-state index contributed by atoms with van der Waals surface area (Å²) in [6.45, 7) is 2.08. The van der Waals surface area contributed by atoms with Crippen LogP contribution in [-0.4, -0.2) is 37.2 Å². The first-order valence-electron chi connectivity index (χ1n) is 3.76. The Bertz CT molecular complexity index is 157. The zero-order valence-electron chi connectivity index (χ0n) is 6.71. The molecule has 4 heteroatoms. The van der Waals surface area contributed by atoms with Crippen molar-refractivity contribution in [1.82, 2.24) is 10.3 Å². The van der Waals surface area contributed by atoms with Gasteiger partial charge in [-0.15, -0.1) is 0 Å². The molecule has 0 aromatic heterocycles. The molecule has 0 radical (unpaired) electrons. The number of amides is 1. The summed E-state index contributed by atoms with van der Waals surface area (Å²) in [6.07, 6.45) is 2.54. The van der Waals surface area contributed by atoms with Gasteiger partial charge in [0.25, 0.3) is 0 Å². The van der Waals surface area contributed by atoms with Crippen LogP contribution in [0.15, 0.2) is 5.10 Å². The zero-order valence-corrected chi connectivity index (χ0v) is 6.71. The fourth-order valence-corrected chi connectivity index (χ4v) is 1.11. The fraction of sp³-hybridized carbons (Fsp3) is 0.714. The molecule has 1 aliphatic rings. The summed E-state index contributed by atoms with van der Waals surface area (Å²) in [5.41, 5.74) is 3.41. The number of hydrogen-bond acceptors (Lipinski definition) is 3. The number of carbonyl (C=O) groups is 1. The van der Waals surface area contributed by atoms with Crippen molar-refractivity contribution in [3.63, 3.8) is 0 Å². The van der Waals surface area contributed by atoms with Gasteiger partial charge in [-0.2, -0.15) is 5.10 Å². The van der Waals surface area contributed by atoms with Crippen molar-refractivity contribution in [1.29, 1.82) is 0 Å². The van der Waals surface area contributed by atoms with Gasteiger partial charge in [-0.05, 0) is 7.05 Å². The molecule has 1 aliphatic heterocycles. The van der Waals surface area contributed by atoms with Crippen molar-refractivity contribution in [2.24, 2.45) is 5.10 Å². The van der Waals surface area contributed by atoms with Gasteiger partial charge in [0.15, 0.2) is 0 Å². The molecule has 0 aromatic rings. The van der Waals surface area contributed by atoms with Crippen molar-refractivity contribution in [2.45, 2.75) is 12.8 Å². The lowest BCUT2D eigenvalue weighted by Gasteiger charge is -2.22. The third-order valence-corrected chi connectivity index (χ3v) is 1.84. The number of nitrogens with zero attached hydrogens (tertiary/aromatic N) is 2. The van der Waals surface area contributed by atoms with E-state index >= 15 is 0 Å². The van der Waals surface area contributed by atoms with E-state index in [0.717, 1.165) is 31.6 Å². The van der Waals surface area contributed by atoms with Crippen LogP contribution in [0.2, 0.25) is 0 Å². The minimum atomic E-state index is 0.602. The standard InChI is InChI=1S/C7H13N3O/c1-10-4-2-7(3-5-10)9-8-6-11/h6H,2-5H2,1H3,(H,8,11). The van der Waals surface area contributed by atoms with Crippen LogP contribution in [0.5, 0.6) is 0 Å². The van der Waals surface area contributed by atoms with E-state index in [9.17, 15) is 4.79 Å². The Balaban J connectivity index is 2.32. The van der Waals surface area contributed by atoms with Crippen LogP contribution in [0.25, 0.3) is 0 Å². The van der Waals surface area contributed by atoms with Gasteiger partial charge >= 0.3 is 0 Å². The maximum Gasteiger partial charge on any atom is 0.227 e. The number of nitrogens with one attached hydrogen (secondary N) is 1. The molecular weight excluding hydrogens is 142 g/mol. The van der Waals surface area contributed by atoms with Crippen LogP contribution in [0.1, 0.15) is 12.8 Å². The van der Waals surface area contributed by atoms with E-state index in [0.29, 0.717) is 6.41 Å². The van der Waals surface area contributed by atoms with Gasteiger partial charge in [-0.1, -0.05) is 0 Å². The van der Waals surface area contributed by atoms with Gasteiger partial charge in [0.05, 0.1) is 0 Å². The summed E-state index contributed by atoms with van der Waals surface area (Å²) in [6, 6.07) is 0. The Morgan fingerprint density at radius 2 is 2.18 bits per heavy atom. The molecule has 0 bridgehead atoms. The number of likely N-dealkylation sites (tertiary alicyclic amines) is 1. The molecule has 1 heterocycles. The summed E-state index contributed by atoms with van der Waals surface area (Å²) in [5, 5.41) is 3.91. The molecule has 4 nitrogen and oxygen atoms in total. The van der Waals surface area contributed by atoms with E-state index in [1.807, 2.05) is 0 Å². The van der Waals surface area contributed by atoms with Gasteiger partial charge < -0.3 is 4.90 Å². The molecule has 0 aliphatic carbocycles. The second-order valence-corrected chi connectivity index (χ2v) is 2.73. The Morgan fingerprint density at radius 3 is 2.73 bits per heavy atom. The van der Waals surface area contributed by atoms with E-state index in [4.69, 9.17) is 0 Å². The highest BCUT2D eigenvalue weighted by molar-refractivity contribution is 5.85. The topological polar surface area (TPSA) is 44.7 Å². The third-order valence-electron chi connectivity index (χ3n) is 1.84. The van der Waals surface area contributed by atoms with Crippen LogP contribution in [0.3, 0.4) is 0 Å². The summed E-state index contributed by atoms with van der Waals surface area (Å²) in [4.78, 5) is 12.1. The highest BCUT2D eigenvalue weighted by Crippen LogP contribution is 2.03. The van der Waals surface area contributed by atoms with Crippen LogP contribution >= 0.6 is 0 Å². The van der Waals surface area contributed by atoms with Crippen molar-refractivity contribution >= 4 is 12.1 Å². The summed E-state index contributed by atoms with van der Waals surface area (Å²) < 4.78 is 0. The lowest BCUT2D eigenvalue weighted by atomic mass is 10.1. The van der Waals surface area contributed by atoms with Crippen molar-refractivity contribution in [2.75, 3.05) is 20.1 Å². The molecule has 0 aromatic carbocycles. The first-order chi connectivity index (χ1) is 5.33. The number of hydrazone groups is 1. The lowest BCUT2D eigenvalue weighted by molar-refractivity contribution is -0.109. The molecule has 11 heavy (non-hydrogen) atoms. The number of hydrogen-bond donors (Lipinski definition) is 1. The Labute approximate surface area is 66.3 Å². The Kier molecular flexibility index (Phi) is 3.04. The van der Waals surface area contributed by atoms with Gasteiger partial charge in [0.1, 0.15) is 0 Å². The molecule has 0 spiro atoms. The molecule has 1 N–H and O–H groups in total. The molecule has 1 rings (SSSR count). The average molecular weight is 155 g/mol. The molecule has 0 unspecified atom stereocenters. The van der Waals surface area contributed by atoms with Gasteiger partial charge in [0.2, 0.25) is 6.41 Å². The second-order valence-electron chi connectivity index (χ2n) is 2.73. The normalized spacial score (nSPS) is 19.5. The minimum absolute atomic E-state index is 0.602. The molecular formula is C7H13N3O. The maximum absolute atomic E-state index is 9.88. The van der Waals surface area contributed by atoms with Gasteiger partial charge in [-0.25, -0.2) is 5.43 Å². The SMILES string of the molecule is CN1CCC(=NNC=O)CC1. The Hall–Kier alpha value is -0.900. The van der Waals surface area contributed by atoms with E-state index in [2.05, 4.69) is 22.5 Å². The molecule has 62 valence electrons. The summed E-state index contributed by atoms with van der Waals surface area (Å²) >= 11 is 0. The number of rotatable bonds is 2. The lowest BCUT2D eigenvalue weighted by Crippen LogP contribution is -2.31. The van der Waals surface area contributed by atoms with Crippen LogP contribution in [0, 0.1) is 0 Å². The first kappa shape index (κ1) is 8.20. The molecule has 1 fully saturated rings. The van der Waals surface area contributed by atoms with Crippen molar-refractivity contribution < 1.29 is 4.79 Å².